The summed E-state index contributed by atoms with van der Waals surface area (Å²) in [5.41, 5.74) is 0. The first-order valence-corrected chi connectivity index (χ1v) is 7.71. The summed E-state index contributed by atoms with van der Waals surface area (Å²) in [4.78, 5) is 23.9. The van der Waals surface area contributed by atoms with E-state index in [9.17, 15) is 14.7 Å². The second-order valence-corrected chi connectivity index (χ2v) is 5.87. The maximum Gasteiger partial charge on any atom is 0.308 e. The number of rotatable bonds is 6. The third-order valence-corrected chi connectivity index (χ3v) is 4.58. The molecule has 1 atom stereocenters. The summed E-state index contributed by atoms with van der Waals surface area (Å²) in [6.45, 7) is 1.31. The number of hydrogen-bond donors (Lipinski definition) is 2. The molecule has 0 saturated carbocycles. The zero-order valence-electron chi connectivity index (χ0n) is 11.8. The molecule has 2 N–H and O–H groups in total. The van der Waals surface area contributed by atoms with Gasteiger partial charge in [0.2, 0.25) is 0 Å². The summed E-state index contributed by atoms with van der Waals surface area (Å²) in [5, 5.41) is 13.8. The SMILES string of the molecule is COc1csc(C(=O)NCC(C(=O)O)C2CCOCC2)c1. The van der Waals surface area contributed by atoms with Gasteiger partial charge in [-0.1, -0.05) is 0 Å². The van der Waals surface area contributed by atoms with Crippen molar-refractivity contribution >= 4 is 23.2 Å². The minimum atomic E-state index is -0.869. The van der Waals surface area contributed by atoms with Crippen LogP contribution in [0.2, 0.25) is 0 Å². The van der Waals surface area contributed by atoms with Crippen molar-refractivity contribution in [3.8, 4) is 5.75 Å². The molecule has 21 heavy (non-hydrogen) atoms. The van der Waals surface area contributed by atoms with Gasteiger partial charge in [-0.05, 0) is 18.8 Å². The Morgan fingerprint density at radius 2 is 2.24 bits per heavy atom. The van der Waals surface area contributed by atoms with Gasteiger partial charge in [0.25, 0.3) is 5.91 Å². The highest BCUT2D eigenvalue weighted by atomic mass is 32.1. The Bertz CT molecular complexity index is 495. The topological polar surface area (TPSA) is 84.9 Å². The zero-order valence-corrected chi connectivity index (χ0v) is 12.6. The zero-order chi connectivity index (χ0) is 15.2. The minimum Gasteiger partial charge on any atom is -0.496 e. The molecule has 1 amide bonds. The Morgan fingerprint density at radius 3 is 2.81 bits per heavy atom. The number of ether oxygens (including phenoxy) is 2. The summed E-state index contributed by atoms with van der Waals surface area (Å²) in [5.74, 6) is -1.02. The molecular weight excluding hydrogens is 294 g/mol. The lowest BCUT2D eigenvalue weighted by atomic mass is 9.86. The van der Waals surface area contributed by atoms with Gasteiger partial charge in [-0.25, -0.2) is 0 Å². The van der Waals surface area contributed by atoms with E-state index in [4.69, 9.17) is 9.47 Å². The van der Waals surface area contributed by atoms with E-state index >= 15 is 0 Å². The van der Waals surface area contributed by atoms with Crippen LogP contribution >= 0.6 is 11.3 Å². The number of aliphatic carboxylic acids is 1. The van der Waals surface area contributed by atoms with E-state index in [1.165, 1.54) is 18.4 Å². The van der Waals surface area contributed by atoms with Crippen molar-refractivity contribution in [3.05, 3.63) is 16.3 Å². The molecule has 116 valence electrons. The molecular formula is C14H19NO5S. The number of carbonyl (C=O) groups excluding carboxylic acids is 1. The molecule has 0 spiro atoms. The standard InChI is InChI=1S/C14H19NO5S/c1-19-10-6-12(21-8-10)13(16)15-7-11(14(17)18)9-2-4-20-5-3-9/h6,8-9,11H,2-5,7H2,1H3,(H,15,16)(H,17,18). The number of carboxylic acids is 1. The average molecular weight is 313 g/mol. The Kier molecular flexibility index (Phi) is 5.58. The minimum absolute atomic E-state index is 0.0504. The second-order valence-electron chi connectivity index (χ2n) is 4.96. The van der Waals surface area contributed by atoms with Crippen LogP contribution < -0.4 is 10.1 Å². The number of carboxylic acid groups (broad SMARTS) is 1. The van der Waals surface area contributed by atoms with Gasteiger partial charge in [0.1, 0.15) is 5.75 Å². The van der Waals surface area contributed by atoms with Crippen LogP contribution in [0.3, 0.4) is 0 Å². The first-order chi connectivity index (χ1) is 10.1. The van der Waals surface area contributed by atoms with E-state index < -0.39 is 11.9 Å². The van der Waals surface area contributed by atoms with Gasteiger partial charge < -0.3 is 19.9 Å². The maximum atomic E-state index is 12.0. The lowest BCUT2D eigenvalue weighted by Crippen LogP contribution is -2.38. The highest BCUT2D eigenvalue weighted by molar-refractivity contribution is 7.12. The third-order valence-electron chi connectivity index (χ3n) is 3.67. The molecule has 1 aromatic rings. The molecule has 2 rings (SSSR count). The van der Waals surface area contributed by atoms with Crippen LogP contribution in [0, 0.1) is 11.8 Å². The normalized spacial score (nSPS) is 17.2. The van der Waals surface area contributed by atoms with Gasteiger partial charge in [-0.15, -0.1) is 11.3 Å². The number of hydrogen-bond acceptors (Lipinski definition) is 5. The summed E-state index contributed by atoms with van der Waals surface area (Å²) in [7, 11) is 1.54. The molecule has 1 aliphatic rings. The van der Waals surface area contributed by atoms with Crippen molar-refractivity contribution < 1.29 is 24.2 Å². The molecule has 2 heterocycles. The van der Waals surface area contributed by atoms with Crippen molar-refractivity contribution in [2.75, 3.05) is 26.9 Å². The van der Waals surface area contributed by atoms with Gasteiger partial charge in [0.05, 0.1) is 17.9 Å². The predicted molar refractivity (Wildman–Crippen MR) is 77.9 cm³/mol. The van der Waals surface area contributed by atoms with Crippen LogP contribution in [0.15, 0.2) is 11.4 Å². The van der Waals surface area contributed by atoms with E-state index in [0.29, 0.717) is 23.8 Å². The quantitative estimate of drug-likeness (QED) is 0.833. The van der Waals surface area contributed by atoms with Crippen LogP contribution in [0.1, 0.15) is 22.5 Å². The van der Waals surface area contributed by atoms with Gasteiger partial charge in [-0.3, -0.25) is 9.59 Å². The lowest BCUT2D eigenvalue weighted by molar-refractivity contribution is -0.144. The summed E-state index contributed by atoms with van der Waals surface area (Å²) in [6.07, 6.45) is 1.44. The Balaban J connectivity index is 1.91. The van der Waals surface area contributed by atoms with Crippen molar-refractivity contribution in [2.24, 2.45) is 11.8 Å². The largest absolute Gasteiger partial charge is 0.496 e. The first kappa shape index (κ1) is 15.8. The second kappa shape index (κ2) is 7.42. The van der Waals surface area contributed by atoms with E-state index in [1.54, 1.807) is 11.4 Å². The van der Waals surface area contributed by atoms with Crippen molar-refractivity contribution in [1.29, 1.82) is 0 Å². The van der Waals surface area contributed by atoms with E-state index in [0.717, 1.165) is 12.8 Å². The van der Waals surface area contributed by atoms with Crippen LogP contribution in [0.25, 0.3) is 0 Å². The molecule has 1 saturated heterocycles. The Morgan fingerprint density at radius 1 is 1.52 bits per heavy atom. The van der Waals surface area contributed by atoms with Crippen LogP contribution in [-0.2, 0) is 9.53 Å². The molecule has 0 bridgehead atoms. The van der Waals surface area contributed by atoms with Crippen molar-refractivity contribution in [1.82, 2.24) is 5.32 Å². The number of methoxy groups -OCH3 is 1. The average Bonchev–Trinajstić information content (AvgIpc) is 2.97. The van der Waals surface area contributed by atoms with Crippen molar-refractivity contribution in [3.63, 3.8) is 0 Å². The number of amides is 1. The number of thiophene rings is 1. The molecule has 7 heteroatoms. The highest BCUT2D eigenvalue weighted by Gasteiger charge is 2.30. The summed E-state index contributed by atoms with van der Waals surface area (Å²) >= 11 is 1.27. The van der Waals surface area contributed by atoms with Crippen LogP contribution in [-0.4, -0.2) is 43.9 Å². The lowest BCUT2D eigenvalue weighted by Gasteiger charge is -2.27. The van der Waals surface area contributed by atoms with E-state index in [1.807, 2.05) is 0 Å². The van der Waals surface area contributed by atoms with Gasteiger partial charge in [0.15, 0.2) is 0 Å². The predicted octanol–water partition coefficient (Wildman–Crippen LogP) is 1.61. The Labute approximate surface area is 127 Å². The fraction of sp³-hybridized carbons (Fsp3) is 0.571. The molecule has 6 nitrogen and oxygen atoms in total. The summed E-state index contributed by atoms with van der Waals surface area (Å²) in [6, 6.07) is 1.64. The van der Waals surface area contributed by atoms with Crippen molar-refractivity contribution in [2.45, 2.75) is 12.8 Å². The number of carbonyl (C=O) groups is 2. The van der Waals surface area contributed by atoms with Crippen LogP contribution in [0.5, 0.6) is 5.75 Å². The highest BCUT2D eigenvalue weighted by Crippen LogP contribution is 2.24. The Hall–Kier alpha value is -1.60. The van der Waals surface area contributed by atoms with Gasteiger partial charge in [0, 0.05) is 31.2 Å². The third kappa shape index (κ3) is 4.18. The fourth-order valence-electron chi connectivity index (χ4n) is 2.41. The maximum absolute atomic E-state index is 12.0. The van der Waals surface area contributed by atoms with Crippen LogP contribution in [0.4, 0.5) is 0 Å². The molecule has 1 fully saturated rings. The smallest absolute Gasteiger partial charge is 0.308 e. The molecule has 0 radical (unpaired) electrons. The number of nitrogens with one attached hydrogen (secondary N) is 1. The molecule has 1 unspecified atom stereocenters. The molecule has 0 aromatic carbocycles. The van der Waals surface area contributed by atoms with Gasteiger partial charge in [-0.2, -0.15) is 0 Å². The molecule has 0 aliphatic carbocycles. The van der Waals surface area contributed by atoms with Gasteiger partial charge >= 0.3 is 5.97 Å². The van der Waals surface area contributed by atoms with E-state index in [2.05, 4.69) is 5.32 Å². The monoisotopic (exact) mass is 313 g/mol. The summed E-state index contributed by atoms with van der Waals surface area (Å²) < 4.78 is 10.3. The molecule has 1 aliphatic heterocycles. The first-order valence-electron chi connectivity index (χ1n) is 6.83. The molecule has 1 aromatic heterocycles. The van der Waals surface area contributed by atoms with E-state index in [-0.39, 0.29) is 18.4 Å². The fourth-order valence-corrected chi connectivity index (χ4v) is 3.18.